The van der Waals surface area contributed by atoms with Gasteiger partial charge in [-0.15, -0.1) is 0 Å². The molecule has 0 unspecified atom stereocenters. The third kappa shape index (κ3) is 6.10. The van der Waals surface area contributed by atoms with Gasteiger partial charge < -0.3 is 19.5 Å². The van der Waals surface area contributed by atoms with Crippen LogP contribution in [-0.2, 0) is 35.9 Å². The monoisotopic (exact) mass is 796 g/mol. The van der Waals surface area contributed by atoms with Gasteiger partial charge in [0.2, 0.25) is 11.8 Å². The second-order valence-electron chi connectivity index (χ2n) is 16.4. The van der Waals surface area contributed by atoms with Crippen LogP contribution in [0.15, 0.2) is 151 Å². The third-order valence-electron chi connectivity index (χ3n) is 13.4. The highest BCUT2D eigenvalue weighted by molar-refractivity contribution is 6.32. The predicted octanol–water partition coefficient (Wildman–Crippen LogP) is 7.84. The topological polar surface area (TPSA) is 113 Å². The van der Waals surface area contributed by atoms with Gasteiger partial charge in [0.25, 0.3) is 0 Å². The van der Waals surface area contributed by atoms with Gasteiger partial charge in [-0.1, -0.05) is 109 Å². The number of carbonyl (C=O) groups excluding carboxylic acids is 4. The molecular formula is C51H44N2O7. The average Bonchev–Trinajstić information content (AvgIpc) is 3.56. The quantitative estimate of drug-likeness (QED) is 0.125. The first-order valence-electron chi connectivity index (χ1n) is 20.8. The molecule has 1 N–H and O–H groups in total. The van der Waals surface area contributed by atoms with Gasteiger partial charge in [-0.25, -0.2) is 0 Å². The Kier molecular flexibility index (Phi) is 9.56. The van der Waals surface area contributed by atoms with E-state index in [0.29, 0.717) is 46.9 Å². The van der Waals surface area contributed by atoms with Crippen LogP contribution in [0.2, 0.25) is 0 Å². The van der Waals surface area contributed by atoms with Crippen LogP contribution in [0.25, 0.3) is 5.57 Å². The Labute approximate surface area is 348 Å². The summed E-state index contributed by atoms with van der Waals surface area (Å²) in [7, 11) is 0. The van der Waals surface area contributed by atoms with Crippen molar-refractivity contribution in [2.75, 3.05) is 36.1 Å². The number of phenolic OH excluding ortho intramolecular Hbond substituents is 1. The minimum Gasteiger partial charge on any atom is -0.508 e. The van der Waals surface area contributed by atoms with Gasteiger partial charge in [0, 0.05) is 47.8 Å². The van der Waals surface area contributed by atoms with Crippen molar-refractivity contribution in [1.82, 2.24) is 0 Å². The van der Waals surface area contributed by atoms with Crippen molar-refractivity contribution in [3.63, 3.8) is 0 Å². The number of ether oxygens (including phenoxy) is 2. The first kappa shape index (κ1) is 37.7. The molecule has 60 heavy (non-hydrogen) atoms. The van der Waals surface area contributed by atoms with Crippen LogP contribution in [0.4, 0.5) is 11.4 Å². The van der Waals surface area contributed by atoms with Gasteiger partial charge in [0.15, 0.2) is 11.6 Å². The van der Waals surface area contributed by atoms with E-state index in [4.69, 9.17) is 9.47 Å². The molecular weight excluding hydrogens is 753 g/mol. The Balaban J connectivity index is 1.09. The molecule has 5 aromatic rings. The maximum Gasteiger partial charge on any atom is 0.238 e. The van der Waals surface area contributed by atoms with Crippen molar-refractivity contribution in [3.05, 3.63) is 173 Å². The lowest BCUT2D eigenvalue weighted by atomic mass is 9.44. The standard InChI is InChI=1S/C51H44N2O7/c54-44-28-37(60-31-32-10-4-1-5-11-32)20-21-39(44)47-38-22-23-40-46(50(58)53(49(40)57)36-18-16-35(17-19-36)52-24-26-59-27-25-52)42(38)29-43-48(56)41(33-12-6-2-7-13-33)30-45(55)51(43,47)34-14-8-3-9-15-34/h1-22,28,30,40,42-43,46-47,54H,23-27,29,31H2/t40-,42+,43-,46-,47+,51-/m0/s1. The number of allylic oxidation sites excluding steroid dienone is 4. The van der Waals surface area contributed by atoms with E-state index in [1.165, 1.54) is 11.0 Å². The molecule has 300 valence electrons. The number of morpholine rings is 1. The van der Waals surface area contributed by atoms with Crippen LogP contribution in [0.3, 0.4) is 0 Å². The second kappa shape index (κ2) is 15.2. The molecule has 2 aliphatic heterocycles. The van der Waals surface area contributed by atoms with E-state index in [1.807, 2.05) is 121 Å². The minimum atomic E-state index is -1.46. The number of rotatable bonds is 8. The van der Waals surface area contributed by atoms with Crippen LogP contribution in [0.1, 0.15) is 41.0 Å². The molecule has 3 aliphatic carbocycles. The highest BCUT2D eigenvalue weighted by atomic mass is 16.5. The SMILES string of the molecule is O=C1C(c2ccccc2)=CC(=O)[C@@]2(c3ccccc3)[C@@H](c3ccc(OCc4ccccc4)cc3O)C3=CC[C@@H]4C(=O)N(c5ccc(N6CCOCC6)cc5)C(=O)[C@@H]4[C@@H]3C[C@@H]12. The number of fused-ring (bicyclic) bond motifs is 4. The molecule has 9 nitrogen and oxygen atoms in total. The van der Waals surface area contributed by atoms with Gasteiger partial charge in [-0.3, -0.25) is 24.1 Å². The van der Waals surface area contributed by atoms with Gasteiger partial charge in [0.1, 0.15) is 18.1 Å². The third-order valence-corrected chi connectivity index (χ3v) is 13.4. The molecule has 0 aromatic heterocycles. The summed E-state index contributed by atoms with van der Waals surface area (Å²) in [5.74, 6) is -4.41. The van der Waals surface area contributed by atoms with Crippen LogP contribution in [0.5, 0.6) is 11.5 Å². The number of anilines is 2. The molecule has 5 aromatic carbocycles. The molecule has 0 spiro atoms. The van der Waals surface area contributed by atoms with E-state index in [0.717, 1.165) is 29.9 Å². The second-order valence-corrected chi connectivity index (χ2v) is 16.4. The summed E-state index contributed by atoms with van der Waals surface area (Å²) < 4.78 is 11.6. The number of Topliss-reactive ketones (excluding diaryl/α,β-unsaturated/α-hetero) is 1. The molecule has 9 heteroatoms. The fourth-order valence-corrected chi connectivity index (χ4v) is 10.7. The normalized spacial score (nSPS) is 26.2. The number of carbonyl (C=O) groups is 4. The Morgan fingerprint density at radius 3 is 2.10 bits per heavy atom. The lowest BCUT2D eigenvalue weighted by molar-refractivity contribution is -0.135. The van der Waals surface area contributed by atoms with E-state index in [9.17, 15) is 14.7 Å². The first-order chi connectivity index (χ1) is 29.3. The number of nitrogens with zero attached hydrogens (tertiary/aromatic N) is 2. The molecule has 6 atom stereocenters. The number of phenols is 1. The molecule has 1 saturated carbocycles. The molecule has 2 heterocycles. The molecule has 2 amide bonds. The number of aromatic hydroxyl groups is 1. The fourth-order valence-electron chi connectivity index (χ4n) is 10.7. The number of ketones is 2. The highest BCUT2D eigenvalue weighted by Gasteiger charge is 2.66. The molecule has 10 rings (SSSR count). The maximum absolute atomic E-state index is 15.4. The zero-order chi connectivity index (χ0) is 41.0. The number of imide groups is 1. The average molecular weight is 797 g/mol. The Bertz CT molecular complexity index is 2550. The summed E-state index contributed by atoms with van der Waals surface area (Å²) in [6, 6.07) is 41.0. The molecule has 5 aliphatic rings. The predicted molar refractivity (Wildman–Crippen MR) is 227 cm³/mol. The molecule has 0 radical (unpaired) electrons. The number of amides is 2. The van der Waals surface area contributed by atoms with Crippen molar-refractivity contribution in [2.45, 2.75) is 30.8 Å². The van der Waals surface area contributed by atoms with Crippen LogP contribution in [0, 0.1) is 23.7 Å². The van der Waals surface area contributed by atoms with Gasteiger partial charge in [0.05, 0.1) is 36.2 Å². The summed E-state index contributed by atoms with van der Waals surface area (Å²) in [6.45, 7) is 3.08. The highest BCUT2D eigenvalue weighted by Crippen LogP contribution is 2.64. The smallest absolute Gasteiger partial charge is 0.238 e. The van der Waals surface area contributed by atoms with Crippen LogP contribution < -0.4 is 14.5 Å². The summed E-state index contributed by atoms with van der Waals surface area (Å²) in [4.78, 5) is 63.5. The summed E-state index contributed by atoms with van der Waals surface area (Å²) in [6.07, 6.45) is 3.96. The van der Waals surface area contributed by atoms with Gasteiger partial charge in [-0.05, 0) is 71.9 Å². The number of hydrogen-bond donors (Lipinski definition) is 1. The van der Waals surface area contributed by atoms with Gasteiger partial charge in [-0.2, -0.15) is 0 Å². The maximum atomic E-state index is 15.4. The van der Waals surface area contributed by atoms with E-state index < -0.39 is 35.0 Å². The number of benzene rings is 5. The van der Waals surface area contributed by atoms with E-state index in [1.54, 1.807) is 18.2 Å². The minimum absolute atomic E-state index is 0.0859. The van der Waals surface area contributed by atoms with E-state index >= 15 is 9.59 Å². The lowest BCUT2D eigenvalue weighted by Crippen LogP contribution is -2.58. The van der Waals surface area contributed by atoms with Gasteiger partial charge >= 0.3 is 0 Å². The van der Waals surface area contributed by atoms with Crippen LogP contribution in [-0.4, -0.2) is 54.8 Å². The Morgan fingerprint density at radius 2 is 1.40 bits per heavy atom. The van der Waals surface area contributed by atoms with Crippen molar-refractivity contribution < 1.29 is 33.8 Å². The Morgan fingerprint density at radius 1 is 0.733 bits per heavy atom. The summed E-state index contributed by atoms with van der Waals surface area (Å²) in [5, 5.41) is 12.1. The van der Waals surface area contributed by atoms with Crippen LogP contribution >= 0.6 is 0 Å². The number of hydrogen-bond acceptors (Lipinski definition) is 8. The van der Waals surface area contributed by atoms with Crippen molar-refractivity contribution in [3.8, 4) is 11.5 Å². The van der Waals surface area contributed by atoms with E-state index in [-0.39, 0.29) is 48.6 Å². The van der Waals surface area contributed by atoms with E-state index in [2.05, 4.69) is 4.90 Å². The van der Waals surface area contributed by atoms with Crippen molar-refractivity contribution >= 4 is 40.3 Å². The Hall–Kier alpha value is -6.58. The van der Waals surface area contributed by atoms with Crippen molar-refractivity contribution in [2.24, 2.45) is 23.7 Å². The lowest BCUT2D eigenvalue weighted by Gasteiger charge is -2.55. The molecule has 2 saturated heterocycles. The zero-order valence-electron chi connectivity index (χ0n) is 33.0. The summed E-state index contributed by atoms with van der Waals surface area (Å²) >= 11 is 0. The summed E-state index contributed by atoms with van der Waals surface area (Å²) in [5.41, 5.74) is 3.86. The first-order valence-corrected chi connectivity index (χ1v) is 20.8. The fraction of sp³-hybridized carbons (Fsp3) is 0.255. The zero-order valence-corrected chi connectivity index (χ0v) is 33.0. The van der Waals surface area contributed by atoms with Crippen molar-refractivity contribution in [1.29, 1.82) is 0 Å². The molecule has 0 bridgehead atoms. The largest absolute Gasteiger partial charge is 0.508 e. The molecule has 3 fully saturated rings.